The molecule has 0 spiro atoms. The van der Waals surface area contributed by atoms with Gasteiger partial charge in [0.1, 0.15) is 0 Å². The van der Waals surface area contributed by atoms with Crippen molar-refractivity contribution in [3.05, 3.63) is 70.8 Å². The van der Waals surface area contributed by atoms with Crippen LogP contribution in [0, 0.1) is 0 Å². The number of carbonyl (C=O) groups is 1. The van der Waals surface area contributed by atoms with Crippen molar-refractivity contribution < 1.29 is 18.0 Å². The molecule has 0 atom stereocenters. The number of benzene rings is 2. The van der Waals surface area contributed by atoms with Gasteiger partial charge in [0.2, 0.25) is 5.91 Å². The van der Waals surface area contributed by atoms with E-state index in [1.165, 1.54) is 12.1 Å². The summed E-state index contributed by atoms with van der Waals surface area (Å²) in [4.78, 5) is 13.5. The molecule has 1 heterocycles. The van der Waals surface area contributed by atoms with E-state index in [9.17, 15) is 18.0 Å². The van der Waals surface area contributed by atoms with Gasteiger partial charge in [0.05, 0.1) is 5.56 Å². The molecule has 1 amide bonds. The van der Waals surface area contributed by atoms with Crippen LogP contribution in [0.4, 0.5) is 13.2 Å². The molecule has 0 aliphatic carbocycles. The molecule has 2 nitrogen and oxygen atoms in total. The summed E-state index contributed by atoms with van der Waals surface area (Å²) in [7, 11) is 0. The summed E-state index contributed by atoms with van der Waals surface area (Å²) < 4.78 is 38.3. The van der Waals surface area contributed by atoms with E-state index in [1.807, 2.05) is 18.2 Å². The van der Waals surface area contributed by atoms with Gasteiger partial charge in [-0.2, -0.15) is 13.2 Å². The van der Waals surface area contributed by atoms with Gasteiger partial charge in [-0.1, -0.05) is 36.4 Å². The molecule has 6 heteroatoms. The number of fused-ring (bicyclic) bond motifs is 1. The number of halogens is 4. The average Bonchev–Trinajstić information content (AvgIpc) is 2.59. The number of amides is 1. The zero-order valence-electron chi connectivity index (χ0n) is 13.2. The third kappa shape index (κ3) is 3.56. The van der Waals surface area contributed by atoms with Crippen LogP contribution < -0.4 is 0 Å². The lowest BCUT2D eigenvalue weighted by atomic mass is 9.94. The molecule has 0 saturated heterocycles. The van der Waals surface area contributed by atoms with Crippen molar-refractivity contribution in [3.63, 3.8) is 0 Å². The van der Waals surface area contributed by atoms with Crippen molar-refractivity contribution in [2.45, 2.75) is 19.1 Å². The Hall–Kier alpha value is -2.27. The molecule has 0 saturated carbocycles. The van der Waals surface area contributed by atoms with Gasteiger partial charge in [-0.25, -0.2) is 0 Å². The molecule has 1 aliphatic rings. The number of hydrogen-bond acceptors (Lipinski definition) is 1. The first-order valence-corrected chi connectivity index (χ1v) is 8.07. The first-order chi connectivity index (χ1) is 11.8. The monoisotopic (exact) mass is 365 g/mol. The smallest absolute Gasteiger partial charge is 0.335 e. The largest absolute Gasteiger partial charge is 0.416 e. The van der Waals surface area contributed by atoms with Crippen LogP contribution in [0.2, 0.25) is 5.02 Å². The van der Waals surface area contributed by atoms with Crippen molar-refractivity contribution in [2.75, 3.05) is 6.54 Å². The average molecular weight is 366 g/mol. The maximum atomic E-state index is 12.8. The fraction of sp³-hybridized carbons (Fsp3) is 0.211. The Morgan fingerprint density at radius 2 is 1.92 bits per heavy atom. The standard InChI is InChI=1S/C19H15ClF3NO/c1-2-18(25)24-8-7-12-3-4-13(9-14(12)11-24)16-6-5-15(10-17(16)20)19(21,22)23/h2-6,9-10H,1,7-8,11H2. The van der Waals surface area contributed by atoms with Crippen LogP contribution in [0.5, 0.6) is 0 Å². The Morgan fingerprint density at radius 3 is 2.56 bits per heavy atom. The van der Waals surface area contributed by atoms with Crippen molar-refractivity contribution in [1.82, 2.24) is 4.90 Å². The Morgan fingerprint density at radius 1 is 1.16 bits per heavy atom. The lowest BCUT2D eigenvalue weighted by Gasteiger charge is -2.28. The Labute approximate surface area is 148 Å². The van der Waals surface area contributed by atoms with E-state index in [-0.39, 0.29) is 10.9 Å². The van der Waals surface area contributed by atoms with Gasteiger partial charge in [-0.3, -0.25) is 4.79 Å². The molecule has 1 aliphatic heterocycles. The van der Waals surface area contributed by atoms with E-state index >= 15 is 0 Å². The van der Waals surface area contributed by atoms with Gasteiger partial charge in [-0.05, 0) is 47.4 Å². The third-order valence-corrected chi connectivity index (χ3v) is 4.62. The van der Waals surface area contributed by atoms with E-state index in [4.69, 9.17) is 11.6 Å². The highest BCUT2D eigenvalue weighted by molar-refractivity contribution is 6.33. The van der Waals surface area contributed by atoms with Crippen LogP contribution >= 0.6 is 11.6 Å². The van der Waals surface area contributed by atoms with Gasteiger partial charge in [0, 0.05) is 23.7 Å². The lowest BCUT2D eigenvalue weighted by molar-refractivity contribution is -0.137. The third-order valence-electron chi connectivity index (χ3n) is 4.31. The van der Waals surface area contributed by atoms with E-state index in [2.05, 4.69) is 6.58 Å². The summed E-state index contributed by atoms with van der Waals surface area (Å²) >= 11 is 6.08. The molecule has 0 aromatic heterocycles. The highest BCUT2D eigenvalue weighted by Crippen LogP contribution is 2.36. The fourth-order valence-electron chi connectivity index (χ4n) is 2.97. The van der Waals surface area contributed by atoms with E-state index < -0.39 is 11.7 Å². The topological polar surface area (TPSA) is 20.3 Å². The van der Waals surface area contributed by atoms with E-state index in [0.717, 1.165) is 35.2 Å². The fourth-order valence-corrected chi connectivity index (χ4v) is 3.26. The summed E-state index contributed by atoms with van der Waals surface area (Å²) in [6.45, 7) is 4.57. The number of nitrogens with zero attached hydrogens (tertiary/aromatic N) is 1. The molecule has 3 rings (SSSR count). The highest BCUT2D eigenvalue weighted by Gasteiger charge is 2.31. The van der Waals surface area contributed by atoms with Crippen molar-refractivity contribution in [3.8, 4) is 11.1 Å². The zero-order chi connectivity index (χ0) is 18.2. The van der Waals surface area contributed by atoms with Crippen LogP contribution in [0.15, 0.2) is 49.1 Å². The number of hydrogen-bond donors (Lipinski definition) is 0. The molecule has 130 valence electrons. The van der Waals surface area contributed by atoms with Crippen LogP contribution in [0.25, 0.3) is 11.1 Å². The number of rotatable bonds is 2. The van der Waals surface area contributed by atoms with Gasteiger partial charge < -0.3 is 4.90 Å². The second kappa shape index (κ2) is 6.56. The molecule has 2 aromatic rings. The molecule has 0 N–H and O–H groups in total. The molecule has 0 bridgehead atoms. The van der Waals surface area contributed by atoms with E-state index in [0.29, 0.717) is 18.7 Å². The van der Waals surface area contributed by atoms with Crippen LogP contribution in [0.1, 0.15) is 16.7 Å². The predicted molar refractivity (Wildman–Crippen MR) is 91.2 cm³/mol. The molecular weight excluding hydrogens is 351 g/mol. The molecule has 2 aromatic carbocycles. The van der Waals surface area contributed by atoms with Crippen LogP contribution in [-0.4, -0.2) is 17.4 Å². The predicted octanol–water partition coefficient (Wildman–Crippen LogP) is 5.10. The van der Waals surface area contributed by atoms with Crippen molar-refractivity contribution in [2.24, 2.45) is 0 Å². The minimum atomic E-state index is -4.43. The molecule has 25 heavy (non-hydrogen) atoms. The maximum Gasteiger partial charge on any atom is 0.416 e. The van der Waals surface area contributed by atoms with Crippen molar-refractivity contribution in [1.29, 1.82) is 0 Å². The summed E-state index contributed by atoms with van der Waals surface area (Å²) in [5, 5.41) is 0.0459. The minimum absolute atomic E-state index is 0.0459. The summed E-state index contributed by atoms with van der Waals surface area (Å²) in [6, 6.07) is 9.00. The normalized spacial score (nSPS) is 14.2. The van der Waals surface area contributed by atoms with E-state index in [1.54, 1.807) is 4.90 Å². The summed E-state index contributed by atoms with van der Waals surface area (Å²) in [5.74, 6) is -0.136. The molecule has 0 radical (unpaired) electrons. The Kier molecular flexibility index (Phi) is 4.60. The molecule has 0 unspecified atom stereocenters. The van der Waals surface area contributed by atoms with Crippen LogP contribution in [-0.2, 0) is 23.9 Å². The molecular formula is C19H15ClF3NO. The number of carbonyl (C=O) groups excluding carboxylic acids is 1. The van der Waals surface area contributed by atoms with Crippen LogP contribution in [0.3, 0.4) is 0 Å². The maximum absolute atomic E-state index is 12.8. The first kappa shape index (κ1) is 17.5. The Balaban J connectivity index is 1.95. The quantitative estimate of drug-likeness (QED) is 0.678. The van der Waals surface area contributed by atoms with Gasteiger partial charge >= 0.3 is 6.18 Å². The van der Waals surface area contributed by atoms with Gasteiger partial charge in [0.15, 0.2) is 0 Å². The first-order valence-electron chi connectivity index (χ1n) is 7.70. The summed E-state index contributed by atoms with van der Waals surface area (Å²) in [5.41, 5.74) is 2.58. The Bertz CT molecular complexity index is 845. The zero-order valence-corrected chi connectivity index (χ0v) is 14.0. The van der Waals surface area contributed by atoms with Gasteiger partial charge in [-0.15, -0.1) is 0 Å². The second-order valence-corrected chi connectivity index (χ2v) is 6.30. The summed E-state index contributed by atoms with van der Waals surface area (Å²) in [6.07, 6.45) is -2.42. The number of alkyl halides is 3. The SMILES string of the molecule is C=CC(=O)N1CCc2ccc(-c3ccc(C(F)(F)F)cc3Cl)cc2C1. The minimum Gasteiger partial charge on any atom is -0.335 e. The second-order valence-electron chi connectivity index (χ2n) is 5.89. The van der Waals surface area contributed by atoms with Crippen molar-refractivity contribution >= 4 is 17.5 Å². The van der Waals surface area contributed by atoms with Gasteiger partial charge in [0.25, 0.3) is 0 Å². The highest BCUT2D eigenvalue weighted by atomic mass is 35.5. The molecule has 0 fully saturated rings. The lowest BCUT2D eigenvalue weighted by Crippen LogP contribution is -2.34.